The van der Waals surface area contributed by atoms with E-state index in [4.69, 9.17) is 5.26 Å². The van der Waals surface area contributed by atoms with Crippen LogP contribution in [0.2, 0.25) is 0 Å². The van der Waals surface area contributed by atoms with Crippen molar-refractivity contribution in [1.29, 1.82) is 5.26 Å². The van der Waals surface area contributed by atoms with E-state index in [0.717, 1.165) is 11.6 Å². The molecule has 0 aromatic heterocycles. The summed E-state index contributed by atoms with van der Waals surface area (Å²) in [6.07, 6.45) is 3.73. The van der Waals surface area contributed by atoms with Crippen molar-refractivity contribution in [3.8, 4) is 6.07 Å². The summed E-state index contributed by atoms with van der Waals surface area (Å²) in [6.45, 7) is 7.11. The first kappa shape index (κ1) is 13.4. The topological polar surface area (TPSA) is 35.8 Å². The molecule has 0 saturated heterocycles. The fourth-order valence-electron chi connectivity index (χ4n) is 4.32. The Morgan fingerprint density at radius 3 is 2.65 bits per heavy atom. The van der Waals surface area contributed by atoms with Gasteiger partial charge in [0, 0.05) is 11.7 Å². The van der Waals surface area contributed by atoms with Gasteiger partial charge in [-0.3, -0.25) is 0 Å². The lowest BCUT2D eigenvalue weighted by Gasteiger charge is -2.40. The highest BCUT2D eigenvalue weighted by molar-refractivity contribution is 5.51. The number of fused-ring (bicyclic) bond motifs is 2. The number of anilines is 1. The van der Waals surface area contributed by atoms with Gasteiger partial charge in [0.05, 0.1) is 5.56 Å². The van der Waals surface area contributed by atoms with Gasteiger partial charge in [-0.25, -0.2) is 4.39 Å². The lowest BCUT2D eigenvalue weighted by atomic mass is 9.69. The first-order valence-corrected chi connectivity index (χ1v) is 7.34. The molecular weight excluding hydrogens is 251 g/mol. The number of hydrogen-bond donors (Lipinski definition) is 1. The van der Waals surface area contributed by atoms with Gasteiger partial charge < -0.3 is 5.32 Å². The first-order chi connectivity index (χ1) is 9.38. The highest BCUT2D eigenvalue weighted by atomic mass is 19.1. The molecule has 1 aromatic rings. The summed E-state index contributed by atoms with van der Waals surface area (Å²) in [5.74, 6) is 0.318. The molecule has 1 aromatic carbocycles. The summed E-state index contributed by atoms with van der Waals surface area (Å²) in [5.41, 5.74) is 1.60. The smallest absolute Gasteiger partial charge is 0.141 e. The molecule has 0 aliphatic heterocycles. The predicted octanol–water partition coefficient (Wildman–Crippen LogP) is 4.32. The molecule has 3 unspecified atom stereocenters. The quantitative estimate of drug-likeness (QED) is 0.870. The van der Waals surface area contributed by atoms with Crippen LogP contribution in [0, 0.1) is 33.9 Å². The minimum atomic E-state index is -0.447. The van der Waals surface area contributed by atoms with E-state index in [2.05, 4.69) is 26.1 Å². The fourth-order valence-corrected chi connectivity index (χ4v) is 4.32. The van der Waals surface area contributed by atoms with E-state index in [1.165, 1.54) is 25.3 Å². The molecule has 2 aliphatic carbocycles. The van der Waals surface area contributed by atoms with Gasteiger partial charge >= 0.3 is 0 Å². The zero-order chi connectivity index (χ0) is 14.5. The van der Waals surface area contributed by atoms with Crippen molar-refractivity contribution >= 4 is 5.69 Å². The molecule has 0 amide bonds. The third kappa shape index (κ3) is 1.67. The van der Waals surface area contributed by atoms with Gasteiger partial charge in [0.2, 0.25) is 0 Å². The van der Waals surface area contributed by atoms with Crippen molar-refractivity contribution in [2.24, 2.45) is 16.7 Å². The van der Waals surface area contributed by atoms with Crippen molar-refractivity contribution in [3.05, 3.63) is 29.6 Å². The Morgan fingerprint density at radius 1 is 1.35 bits per heavy atom. The second-order valence-corrected chi connectivity index (χ2v) is 7.11. The molecule has 2 aliphatic rings. The van der Waals surface area contributed by atoms with E-state index < -0.39 is 5.82 Å². The monoisotopic (exact) mass is 272 g/mol. The van der Waals surface area contributed by atoms with Crippen LogP contribution in [0.4, 0.5) is 10.1 Å². The van der Waals surface area contributed by atoms with Crippen LogP contribution in [0.5, 0.6) is 0 Å². The van der Waals surface area contributed by atoms with Crippen LogP contribution < -0.4 is 5.32 Å². The second kappa shape index (κ2) is 4.22. The second-order valence-electron chi connectivity index (χ2n) is 7.11. The summed E-state index contributed by atoms with van der Waals surface area (Å²) >= 11 is 0. The molecular formula is C17H21FN2. The van der Waals surface area contributed by atoms with Crippen LogP contribution in [-0.4, -0.2) is 6.04 Å². The predicted molar refractivity (Wildman–Crippen MR) is 77.8 cm³/mol. The summed E-state index contributed by atoms with van der Waals surface area (Å²) in [6, 6.07) is 7.05. The number of rotatable bonds is 2. The molecule has 3 heteroatoms. The maximum atomic E-state index is 13.4. The van der Waals surface area contributed by atoms with Gasteiger partial charge in [0.25, 0.3) is 0 Å². The zero-order valence-corrected chi connectivity index (χ0v) is 12.3. The van der Waals surface area contributed by atoms with Crippen LogP contribution in [-0.2, 0) is 0 Å². The molecule has 20 heavy (non-hydrogen) atoms. The molecule has 2 saturated carbocycles. The van der Waals surface area contributed by atoms with Gasteiger partial charge in [-0.15, -0.1) is 0 Å². The van der Waals surface area contributed by atoms with Gasteiger partial charge in [-0.05, 0) is 54.2 Å². The zero-order valence-electron chi connectivity index (χ0n) is 12.3. The van der Waals surface area contributed by atoms with Gasteiger partial charge in [-0.2, -0.15) is 5.26 Å². The average Bonchev–Trinajstić information content (AvgIpc) is 2.74. The Kier molecular flexibility index (Phi) is 2.83. The van der Waals surface area contributed by atoms with Crippen LogP contribution in [0.1, 0.15) is 45.6 Å². The Balaban J connectivity index is 1.85. The number of halogens is 1. The van der Waals surface area contributed by atoms with Crippen molar-refractivity contribution in [1.82, 2.24) is 0 Å². The number of nitrogens with zero attached hydrogens (tertiary/aromatic N) is 1. The third-order valence-corrected chi connectivity index (χ3v) is 6.22. The van der Waals surface area contributed by atoms with Crippen molar-refractivity contribution in [2.45, 2.75) is 46.1 Å². The molecule has 106 valence electrons. The maximum Gasteiger partial charge on any atom is 0.141 e. The molecule has 2 fully saturated rings. The van der Waals surface area contributed by atoms with Gasteiger partial charge in [0.1, 0.15) is 11.9 Å². The molecule has 3 atom stereocenters. The number of nitriles is 1. The molecule has 2 nitrogen and oxygen atoms in total. The molecule has 0 radical (unpaired) electrons. The highest BCUT2D eigenvalue weighted by Crippen LogP contribution is 2.65. The van der Waals surface area contributed by atoms with E-state index in [1.54, 1.807) is 12.1 Å². The Morgan fingerprint density at radius 2 is 2.10 bits per heavy atom. The van der Waals surface area contributed by atoms with E-state index in [-0.39, 0.29) is 11.0 Å². The molecule has 0 spiro atoms. The lowest BCUT2D eigenvalue weighted by Crippen LogP contribution is -2.40. The number of benzene rings is 1. The van der Waals surface area contributed by atoms with E-state index in [0.29, 0.717) is 11.5 Å². The minimum absolute atomic E-state index is 0.113. The number of nitrogens with one attached hydrogen (secondary N) is 1. The SMILES string of the molecule is CC1(C)C2CCC1(C)C(Nc1ccc(F)c(C#N)c1)C2. The van der Waals surface area contributed by atoms with Gasteiger partial charge in [0.15, 0.2) is 0 Å². The standard InChI is InChI=1S/C17H21FN2/c1-16(2)12-6-7-17(16,3)15(9-12)20-13-4-5-14(18)11(8-13)10-19/h4-5,8,12,15,20H,6-7,9H2,1-3H3. The van der Waals surface area contributed by atoms with Crippen LogP contribution >= 0.6 is 0 Å². The fraction of sp³-hybridized carbons (Fsp3) is 0.588. The van der Waals surface area contributed by atoms with Crippen LogP contribution in [0.15, 0.2) is 18.2 Å². The van der Waals surface area contributed by atoms with Crippen molar-refractivity contribution < 1.29 is 4.39 Å². The Hall–Kier alpha value is -1.56. The maximum absolute atomic E-state index is 13.4. The van der Waals surface area contributed by atoms with Gasteiger partial charge in [-0.1, -0.05) is 20.8 Å². The third-order valence-electron chi connectivity index (χ3n) is 6.22. The van der Waals surface area contributed by atoms with E-state index in [9.17, 15) is 4.39 Å². The average molecular weight is 272 g/mol. The van der Waals surface area contributed by atoms with Crippen molar-refractivity contribution in [2.75, 3.05) is 5.32 Å². The molecule has 2 bridgehead atoms. The summed E-state index contributed by atoms with van der Waals surface area (Å²) in [4.78, 5) is 0. The lowest BCUT2D eigenvalue weighted by molar-refractivity contribution is 0.142. The van der Waals surface area contributed by atoms with Crippen molar-refractivity contribution in [3.63, 3.8) is 0 Å². The first-order valence-electron chi connectivity index (χ1n) is 7.34. The molecule has 1 N–H and O–H groups in total. The summed E-state index contributed by atoms with van der Waals surface area (Å²) in [5, 5.41) is 12.5. The largest absolute Gasteiger partial charge is 0.382 e. The van der Waals surface area contributed by atoms with Crippen LogP contribution in [0.3, 0.4) is 0 Å². The van der Waals surface area contributed by atoms with Crippen LogP contribution in [0.25, 0.3) is 0 Å². The molecule has 0 heterocycles. The number of hydrogen-bond acceptors (Lipinski definition) is 2. The van der Waals surface area contributed by atoms with E-state index in [1.807, 2.05) is 6.07 Å². The minimum Gasteiger partial charge on any atom is -0.382 e. The van der Waals surface area contributed by atoms with E-state index >= 15 is 0 Å². The highest BCUT2D eigenvalue weighted by Gasteiger charge is 2.61. The summed E-state index contributed by atoms with van der Waals surface area (Å²) in [7, 11) is 0. The summed E-state index contributed by atoms with van der Waals surface area (Å²) < 4.78 is 13.4. The normalized spacial score (nSPS) is 34.0. The Labute approximate surface area is 120 Å². The Bertz CT molecular complexity index is 587. The molecule has 3 rings (SSSR count).